The van der Waals surface area contributed by atoms with Crippen molar-refractivity contribution in [3.05, 3.63) is 41.5 Å². The number of anilines is 1. The Labute approximate surface area is 117 Å². The first-order valence-corrected chi connectivity index (χ1v) is 6.60. The largest absolute Gasteiger partial charge is 0.395 e. The molecule has 0 saturated heterocycles. The molecule has 2 aromatic heterocycles. The second kappa shape index (κ2) is 6.18. The second-order valence-electron chi connectivity index (χ2n) is 4.92. The van der Waals surface area contributed by atoms with E-state index in [1.165, 1.54) is 0 Å². The van der Waals surface area contributed by atoms with Gasteiger partial charge < -0.3 is 11.1 Å². The molecule has 2 heterocycles. The Morgan fingerprint density at radius 1 is 1.50 bits per heavy atom. The van der Waals surface area contributed by atoms with Crippen LogP contribution >= 0.6 is 0 Å². The number of H-pyrrole nitrogens is 1. The van der Waals surface area contributed by atoms with Crippen molar-refractivity contribution in [1.82, 2.24) is 20.5 Å². The van der Waals surface area contributed by atoms with Crippen LogP contribution in [0.5, 0.6) is 0 Å². The highest BCUT2D eigenvalue weighted by Crippen LogP contribution is 2.21. The maximum atomic E-state index is 12.0. The molecule has 6 nitrogen and oxygen atoms in total. The van der Waals surface area contributed by atoms with Gasteiger partial charge in [0.15, 0.2) is 5.69 Å². The summed E-state index contributed by atoms with van der Waals surface area (Å²) in [4.78, 5) is 16.0. The summed E-state index contributed by atoms with van der Waals surface area (Å²) in [6.45, 7) is 4.51. The van der Waals surface area contributed by atoms with Gasteiger partial charge in [-0.2, -0.15) is 5.10 Å². The number of carbonyl (C=O) groups is 1. The summed E-state index contributed by atoms with van der Waals surface area (Å²) in [6.07, 6.45) is 4.23. The summed E-state index contributed by atoms with van der Waals surface area (Å²) in [5.41, 5.74) is 8.49. The third kappa shape index (κ3) is 3.14. The van der Waals surface area contributed by atoms with Gasteiger partial charge in [0.2, 0.25) is 0 Å². The number of carbonyl (C=O) groups excluding carboxylic acids is 1. The van der Waals surface area contributed by atoms with Gasteiger partial charge in [-0.05, 0) is 24.0 Å². The van der Waals surface area contributed by atoms with Crippen molar-refractivity contribution in [2.24, 2.45) is 0 Å². The van der Waals surface area contributed by atoms with Crippen LogP contribution in [0.25, 0.3) is 0 Å². The Hall–Kier alpha value is -2.37. The molecule has 0 saturated carbocycles. The van der Waals surface area contributed by atoms with E-state index >= 15 is 0 Å². The van der Waals surface area contributed by atoms with Crippen LogP contribution in [0.15, 0.2) is 24.5 Å². The SMILES string of the molecule is CC(C)c1[nH]nc(C(=O)NCCc2cccnc2)c1N. The lowest BCUT2D eigenvalue weighted by atomic mass is 10.1. The van der Waals surface area contributed by atoms with Crippen molar-refractivity contribution in [2.45, 2.75) is 26.2 Å². The van der Waals surface area contributed by atoms with Crippen LogP contribution in [0.2, 0.25) is 0 Å². The summed E-state index contributed by atoms with van der Waals surface area (Å²) in [5, 5.41) is 9.62. The lowest BCUT2D eigenvalue weighted by Crippen LogP contribution is -2.26. The average Bonchev–Trinajstić information content (AvgIpc) is 2.82. The third-order valence-electron chi connectivity index (χ3n) is 3.05. The molecule has 2 rings (SSSR count). The van der Waals surface area contributed by atoms with Crippen LogP contribution in [0.1, 0.15) is 41.5 Å². The highest BCUT2D eigenvalue weighted by Gasteiger charge is 2.18. The molecular weight excluding hydrogens is 254 g/mol. The van der Waals surface area contributed by atoms with Gasteiger partial charge in [-0.1, -0.05) is 19.9 Å². The van der Waals surface area contributed by atoms with Crippen LogP contribution < -0.4 is 11.1 Å². The Morgan fingerprint density at radius 3 is 2.90 bits per heavy atom. The highest BCUT2D eigenvalue weighted by atomic mass is 16.1. The normalized spacial score (nSPS) is 10.8. The minimum atomic E-state index is -0.255. The smallest absolute Gasteiger partial charge is 0.273 e. The maximum absolute atomic E-state index is 12.0. The zero-order chi connectivity index (χ0) is 14.5. The fraction of sp³-hybridized carbons (Fsp3) is 0.357. The summed E-state index contributed by atoms with van der Waals surface area (Å²) in [5.74, 6) is -0.0472. The molecule has 6 heteroatoms. The van der Waals surface area contributed by atoms with Crippen LogP contribution in [0, 0.1) is 0 Å². The van der Waals surface area contributed by atoms with Gasteiger partial charge in [0.1, 0.15) is 0 Å². The first-order valence-electron chi connectivity index (χ1n) is 6.60. The first-order chi connectivity index (χ1) is 9.59. The third-order valence-corrected chi connectivity index (χ3v) is 3.05. The van der Waals surface area contributed by atoms with E-state index in [-0.39, 0.29) is 17.5 Å². The zero-order valence-electron chi connectivity index (χ0n) is 11.7. The number of nitrogens with one attached hydrogen (secondary N) is 2. The maximum Gasteiger partial charge on any atom is 0.273 e. The van der Waals surface area contributed by atoms with Gasteiger partial charge in [0.05, 0.1) is 11.4 Å². The van der Waals surface area contributed by atoms with E-state index in [0.717, 1.165) is 17.7 Å². The van der Waals surface area contributed by atoms with Crippen LogP contribution in [0.3, 0.4) is 0 Å². The Balaban J connectivity index is 1.92. The molecule has 0 fully saturated rings. The molecule has 0 aliphatic rings. The van der Waals surface area contributed by atoms with E-state index < -0.39 is 0 Å². The summed E-state index contributed by atoms with van der Waals surface area (Å²) in [6, 6.07) is 3.84. The minimum Gasteiger partial charge on any atom is -0.395 e. The van der Waals surface area contributed by atoms with Gasteiger partial charge in [-0.15, -0.1) is 0 Å². The summed E-state index contributed by atoms with van der Waals surface area (Å²) in [7, 11) is 0. The molecule has 2 aromatic rings. The van der Waals surface area contributed by atoms with Gasteiger partial charge in [-0.25, -0.2) is 0 Å². The van der Waals surface area contributed by atoms with Crippen LogP contribution in [-0.2, 0) is 6.42 Å². The lowest BCUT2D eigenvalue weighted by Gasteiger charge is -2.05. The minimum absolute atomic E-state index is 0.208. The molecule has 20 heavy (non-hydrogen) atoms. The van der Waals surface area contributed by atoms with Crippen molar-refractivity contribution in [1.29, 1.82) is 0 Å². The predicted octanol–water partition coefficient (Wildman–Crippen LogP) is 1.48. The molecule has 0 spiro atoms. The molecule has 0 radical (unpaired) electrons. The number of aromatic amines is 1. The lowest BCUT2D eigenvalue weighted by molar-refractivity contribution is 0.0950. The molecule has 4 N–H and O–H groups in total. The number of aromatic nitrogens is 3. The molecule has 0 unspecified atom stereocenters. The molecular formula is C14H19N5O. The number of amides is 1. The Morgan fingerprint density at radius 2 is 2.30 bits per heavy atom. The van der Waals surface area contributed by atoms with Crippen molar-refractivity contribution >= 4 is 11.6 Å². The Bertz CT molecular complexity index is 577. The first kappa shape index (κ1) is 14.0. The van der Waals surface area contributed by atoms with E-state index in [9.17, 15) is 4.79 Å². The predicted molar refractivity (Wildman–Crippen MR) is 77.4 cm³/mol. The second-order valence-corrected chi connectivity index (χ2v) is 4.92. The van der Waals surface area contributed by atoms with Crippen molar-refractivity contribution in [3.8, 4) is 0 Å². The number of pyridine rings is 1. The van der Waals surface area contributed by atoms with Crippen LogP contribution in [-0.4, -0.2) is 27.6 Å². The molecule has 106 valence electrons. The average molecular weight is 273 g/mol. The highest BCUT2D eigenvalue weighted by molar-refractivity contribution is 5.97. The number of hydrogen-bond donors (Lipinski definition) is 3. The van der Waals surface area contributed by atoms with Gasteiger partial charge in [0, 0.05) is 18.9 Å². The quantitative estimate of drug-likeness (QED) is 0.768. The van der Waals surface area contributed by atoms with E-state index in [2.05, 4.69) is 20.5 Å². The molecule has 0 atom stereocenters. The van der Waals surface area contributed by atoms with Crippen LogP contribution in [0.4, 0.5) is 5.69 Å². The topological polar surface area (TPSA) is 96.7 Å². The zero-order valence-corrected chi connectivity index (χ0v) is 11.7. The fourth-order valence-corrected chi connectivity index (χ4v) is 1.93. The van der Waals surface area contributed by atoms with Crippen molar-refractivity contribution in [2.75, 3.05) is 12.3 Å². The number of nitrogens with zero attached hydrogens (tertiary/aromatic N) is 2. The van der Waals surface area contributed by atoms with Gasteiger partial charge in [-0.3, -0.25) is 14.9 Å². The van der Waals surface area contributed by atoms with Crippen molar-refractivity contribution in [3.63, 3.8) is 0 Å². The number of nitrogens with two attached hydrogens (primary N) is 1. The number of rotatable bonds is 5. The molecule has 0 aromatic carbocycles. The van der Waals surface area contributed by atoms with E-state index in [1.54, 1.807) is 12.4 Å². The monoisotopic (exact) mass is 273 g/mol. The van der Waals surface area contributed by atoms with Crippen molar-refractivity contribution < 1.29 is 4.79 Å². The van der Waals surface area contributed by atoms with Gasteiger partial charge >= 0.3 is 0 Å². The fourth-order valence-electron chi connectivity index (χ4n) is 1.93. The van der Waals surface area contributed by atoms with Gasteiger partial charge in [0.25, 0.3) is 5.91 Å². The summed E-state index contributed by atoms with van der Waals surface area (Å²) >= 11 is 0. The molecule has 0 aliphatic carbocycles. The standard InChI is InChI=1S/C14H19N5O/c1-9(2)12-11(15)13(19-18-12)14(20)17-7-5-10-4-3-6-16-8-10/h3-4,6,8-9H,5,7,15H2,1-2H3,(H,17,20)(H,18,19). The van der Waals surface area contributed by atoms with E-state index in [0.29, 0.717) is 12.2 Å². The number of hydrogen-bond acceptors (Lipinski definition) is 4. The molecule has 0 aliphatic heterocycles. The summed E-state index contributed by atoms with van der Waals surface area (Å²) < 4.78 is 0. The molecule has 1 amide bonds. The van der Waals surface area contributed by atoms with E-state index in [1.807, 2.05) is 26.0 Å². The Kier molecular flexibility index (Phi) is 4.34. The van der Waals surface area contributed by atoms with E-state index in [4.69, 9.17) is 5.73 Å². The number of nitrogen functional groups attached to an aromatic ring is 1. The molecule has 0 bridgehead atoms.